The molecule has 0 aliphatic heterocycles. The maximum atomic E-state index is 11.5. The summed E-state index contributed by atoms with van der Waals surface area (Å²) in [6.45, 7) is 1.83. The lowest BCUT2D eigenvalue weighted by Gasteiger charge is -2.03. The number of carbonyl (C=O) groups is 2. The highest BCUT2D eigenvalue weighted by Crippen LogP contribution is 2.26. The molecule has 0 aliphatic rings. The number of hydrogen-bond donors (Lipinski definition) is 1. The molecule has 0 unspecified atom stereocenters. The first kappa shape index (κ1) is 14.3. The molecule has 1 aromatic carbocycles. The highest BCUT2D eigenvalue weighted by Gasteiger charge is 2.06. The highest BCUT2D eigenvalue weighted by molar-refractivity contribution is 7.99. The number of benzene rings is 1. The number of carboxylic acids is 1. The van der Waals surface area contributed by atoms with Crippen LogP contribution in [0.15, 0.2) is 52.5 Å². The molecule has 1 heterocycles. The van der Waals surface area contributed by atoms with Gasteiger partial charge in [-0.25, -0.2) is 9.78 Å². The van der Waals surface area contributed by atoms with Gasteiger partial charge in [0.25, 0.3) is 0 Å². The zero-order chi connectivity index (χ0) is 14.5. The molecule has 0 saturated carbocycles. The van der Waals surface area contributed by atoms with Crippen molar-refractivity contribution >= 4 is 23.5 Å². The van der Waals surface area contributed by atoms with E-state index in [1.807, 2.05) is 19.1 Å². The second-order valence-corrected chi connectivity index (χ2v) is 5.19. The molecule has 4 nitrogen and oxygen atoms in total. The smallest absolute Gasteiger partial charge is 0.337 e. The first-order valence-electron chi connectivity index (χ1n) is 6.10. The number of ketones is 1. The van der Waals surface area contributed by atoms with Gasteiger partial charge in [-0.15, -0.1) is 0 Å². The molecular weight excluding hydrogens is 274 g/mol. The van der Waals surface area contributed by atoms with Crippen LogP contribution < -0.4 is 0 Å². The van der Waals surface area contributed by atoms with Crippen LogP contribution in [0.25, 0.3) is 0 Å². The third-order valence-corrected chi connectivity index (χ3v) is 3.66. The molecule has 1 N–H and O–H groups in total. The number of carbonyl (C=O) groups excluding carboxylic acids is 1. The van der Waals surface area contributed by atoms with Gasteiger partial charge in [-0.05, 0) is 24.3 Å². The van der Waals surface area contributed by atoms with E-state index in [4.69, 9.17) is 5.11 Å². The van der Waals surface area contributed by atoms with Crippen LogP contribution in [0, 0.1) is 0 Å². The second-order valence-electron chi connectivity index (χ2n) is 4.09. The van der Waals surface area contributed by atoms with Crippen molar-refractivity contribution in [1.82, 2.24) is 4.98 Å². The predicted molar refractivity (Wildman–Crippen MR) is 76.4 cm³/mol. The molecule has 0 amide bonds. The number of Topliss-reactive ketones (excluding diaryl/α,β-unsaturated/α-hetero) is 1. The molecule has 20 heavy (non-hydrogen) atoms. The standard InChI is InChI=1S/C15H13NO3S/c1-2-13(17)10-3-6-12(7-4-10)20-14-8-5-11(9-16-14)15(18)19/h3-9H,2H2,1H3,(H,18,19). The Hall–Kier alpha value is -2.14. The average molecular weight is 287 g/mol. The van der Waals surface area contributed by atoms with Crippen LogP contribution >= 0.6 is 11.8 Å². The summed E-state index contributed by atoms with van der Waals surface area (Å²) in [6.07, 6.45) is 1.82. The Labute approximate surface area is 120 Å². The summed E-state index contributed by atoms with van der Waals surface area (Å²) in [4.78, 5) is 27.3. The fraction of sp³-hybridized carbons (Fsp3) is 0.133. The van der Waals surface area contributed by atoms with Crippen LogP contribution in [-0.2, 0) is 0 Å². The lowest BCUT2D eigenvalue weighted by Crippen LogP contribution is -1.97. The summed E-state index contributed by atoms with van der Waals surface area (Å²) in [7, 11) is 0. The quantitative estimate of drug-likeness (QED) is 0.852. The van der Waals surface area contributed by atoms with Crippen molar-refractivity contribution in [2.24, 2.45) is 0 Å². The molecule has 5 heteroatoms. The van der Waals surface area contributed by atoms with Crippen LogP contribution in [0.4, 0.5) is 0 Å². The van der Waals surface area contributed by atoms with Crippen molar-refractivity contribution < 1.29 is 14.7 Å². The molecular formula is C15H13NO3S. The average Bonchev–Trinajstić information content (AvgIpc) is 2.48. The number of aromatic nitrogens is 1. The Bertz CT molecular complexity index is 621. The Morgan fingerprint density at radius 2 is 1.75 bits per heavy atom. The number of hydrogen-bond acceptors (Lipinski definition) is 4. The van der Waals surface area contributed by atoms with Crippen LogP contribution in [0.5, 0.6) is 0 Å². The molecule has 0 atom stereocenters. The lowest BCUT2D eigenvalue weighted by molar-refractivity contribution is 0.0696. The lowest BCUT2D eigenvalue weighted by atomic mass is 10.1. The molecule has 0 saturated heterocycles. The molecule has 1 aromatic heterocycles. The van der Waals surface area contributed by atoms with Gasteiger partial charge in [0.05, 0.1) is 5.56 Å². The van der Waals surface area contributed by atoms with E-state index < -0.39 is 5.97 Å². The molecule has 0 radical (unpaired) electrons. The van der Waals surface area contributed by atoms with Gasteiger partial charge in [0, 0.05) is 23.1 Å². The fourth-order valence-corrected chi connectivity index (χ4v) is 2.36. The number of nitrogens with zero attached hydrogens (tertiary/aromatic N) is 1. The van der Waals surface area contributed by atoms with Crippen LogP contribution in [0.3, 0.4) is 0 Å². The second kappa shape index (κ2) is 6.34. The van der Waals surface area contributed by atoms with Crippen molar-refractivity contribution in [3.63, 3.8) is 0 Å². The third kappa shape index (κ3) is 3.45. The Morgan fingerprint density at radius 3 is 2.25 bits per heavy atom. The van der Waals surface area contributed by atoms with E-state index in [-0.39, 0.29) is 11.3 Å². The molecule has 102 valence electrons. The van der Waals surface area contributed by atoms with Gasteiger partial charge >= 0.3 is 5.97 Å². The third-order valence-electron chi connectivity index (χ3n) is 2.70. The minimum Gasteiger partial charge on any atom is -0.478 e. The van der Waals surface area contributed by atoms with Gasteiger partial charge in [0.2, 0.25) is 0 Å². The Balaban J connectivity index is 2.10. The van der Waals surface area contributed by atoms with E-state index in [2.05, 4.69) is 4.98 Å². The summed E-state index contributed by atoms with van der Waals surface area (Å²) >= 11 is 1.42. The van der Waals surface area contributed by atoms with E-state index in [1.165, 1.54) is 24.0 Å². The van der Waals surface area contributed by atoms with Gasteiger partial charge in [-0.2, -0.15) is 0 Å². The van der Waals surface area contributed by atoms with Gasteiger partial charge < -0.3 is 5.11 Å². The van der Waals surface area contributed by atoms with E-state index in [1.54, 1.807) is 18.2 Å². The molecule has 0 aliphatic carbocycles. The van der Waals surface area contributed by atoms with Gasteiger partial charge in [-0.1, -0.05) is 30.8 Å². The summed E-state index contributed by atoms with van der Waals surface area (Å²) in [5, 5.41) is 9.51. The van der Waals surface area contributed by atoms with E-state index in [0.717, 1.165) is 4.90 Å². The Kier molecular flexibility index (Phi) is 4.53. The fourth-order valence-electron chi connectivity index (χ4n) is 1.60. The van der Waals surface area contributed by atoms with Gasteiger partial charge in [0.1, 0.15) is 5.03 Å². The van der Waals surface area contributed by atoms with Crippen molar-refractivity contribution in [3.05, 3.63) is 53.7 Å². The predicted octanol–water partition coefficient (Wildman–Crippen LogP) is 3.52. The van der Waals surface area contributed by atoms with Crippen LogP contribution in [0.2, 0.25) is 0 Å². The largest absolute Gasteiger partial charge is 0.478 e. The van der Waals surface area contributed by atoms with Crippen molar-refractivity contribution in [2.45, 2.75) is 23.3 Å². The van der Waals surface area contributed by atoms with Gasteiger partial charge in [0.15, 0.2) is 5.78 Å². The molecule has 2 aromatic rings. The molecule has 2 rings (SSSR count). The van der Waals surface area contributed by atoms with E-state index in [9.17, 15) is 9.59 Å². The number of carboxylic acid groups (broad SMARTS) is 1. The molecule has 0 bridgehead atoms. The highest BCUT2D eigenvalue weighted by atomic mass is 32.2. The molecule has 0 spiro atoms. The minimum atomic E-state index is -0.989. The SMILES string of the molecule is CCC(=O)c1ccc(Sc2ccc(C(=O)O)cn2)cc1. The summed E-state index contributed by atoms with van der Waals surface area (Å²) in [5.74, 6) is -0.873. The zero-order valence-corrected chi connectivity index (χ0v) is 11.7. The van der Waals surface area contributed by atoms with Crippen molar-refractivity contribution in [3.8, 4) is 0 Å². The Morgan fingerprint density at radius 1 is 1.10 bits per heavy atom. The topological polar surface area (TPSA) is 67.3 Å². The summed E-state index contributed by atoms with van der Waals surface area (Å²) in [6, 6.07) is 10.5. The number of rotatable bonds is 5. The van der Waals surface area contributed by atoms with E-state index >= 15 is 0 Å². The summed E-state index contributed by atoms with van der Waals surface area (Å²) < 4.78 is 0. The van der Waals surface area contributed by atoms with Gasteiger partial charge in [-0.3, -0.25) is 4.79 Å². The number of pyridine rings is 1. The van der Waals surface area contributed by atoms with E-state index in [0.29, 0.717) is 17.0 Å². The first-order chi connectivity index (χ1) is 9.60. The normalized spacial score (nSPS) is 10.2. The first-order valence-corrected chi connectivity index (χ1v) is 6.92. The van der Waals surface area contributed by atoms with Crippen molar-refractivity contribution in [2.75, 3.05) is 0 Å². The van der Waals surface area contributed by atoms with Crippen LogP contribution in [0.1, 0.15) is 34.1 Å². The van der Waals surface area contributed by atoms with Crippen LogP contribution in [-0.4, -0.2) is 21.8 Å². The van der Waals surface area contributed by atoms with Crippen molar-refractivity contribution in [1.29, 1.82) is 0 Å². The maximum Gasteiger partial charge on any atom is 0.337 e. The maximum absolute atomic E-state index is 11.5. The molecule has 0 fully saturated rings. The summed E-state index contributed by atoms with van der Waals surface area (Å²) in [5.41, 5.74) is 0.865. The number of aromatic carboxylic acids is 1. The minimum absolute atomic E-state index is 0.116. The monoisotopic (exact) mass is 287 g/mol. The zero-order valence-electron chi connectivity index (χ0n) is 10.9.